The third-order valence-corrected chi connectivity index (χ3v) is 6.06. The van der Waals surface area contributed by atoms with Crippen molar-refractivity contribution in [3.05, 3.63) is 12.2 Å². The van der Waals surface area contributed by atoms with Crippen molar-refractivity contribution in [1.82, 2.24) is 0 Å². The molecule has 0 N–H and O–H groups in total. The van der Waals surface area contributed by atoms with Crippen molar-refractivity contribution in [3.63, 3.8) is 0 Å². The van der Waals surface area contributed by atoms with Crippen LogP contribution in [0.25, 0.3) is 0 Å². The van der Waals surface area contributed by atoms with E-state index in [2.05, 4.69) is 34.3 Å². The van der Waals surface area contributed by atoms with Crippen LogP contribution in [0, 0.1) is 29.1 Å². The third kappa shape index (κ3) is 2.80. The summed E-state index contributed by atoms with van der Waals surface area (Å²) in [5.74, 6) is 3.01. The van der Waals surface area contributed by atoms with Gasteiger partial charge in [0.15, 0.2) is 0 Å². The van der Waals surface area contributed by atoms with Gasteiger partial charge >= 0.3 is 0 Å². The largest absolute Gasteiger partial charge is 0.299 e. The van der Waals surface area contributed by atoms with Crippen LogP contribution in [-0.2, 0) is 4.79 Å². The van der Waals surface area contributed by atoms with Gasteiger partial charge in [0.2, 0.25) is 0 Å². The molecule has 0 aromatic carbocycles. The molecule has 1 heteroatoms. The Morgan fingerprint density at radius 2 is 2.05 bits per heavy atom. The van der Waals surface area contributed by atoms with Gasteiger partial charge in [-0.25, -0.2) is 0 Å². The van der Waals surface area contributed by atoms with Crippen LogP contribution in [0.5, 0.6) is 0 Å². The van der Waals surface area contributed by atoms with Gasteiger partial charge in [0.1, 0.15) is 5.78 Å². The number of hydrogen-bond donors (Lipinski definition) is 0. The minimum absolute atomic E-state index is 0.277. The molecule has 0 saturated heterocycles. The van der Waals surface area contributed by atoms with Gasteiger partial charge in [-0.3, -0.25) is 4.79 Å². The summed E-state index contributed by atoms with van der Waals surface area (Å²) in [6, 6.07) is 0. The summed E-state index contributed by atoms with van der Waals surface area (Å²) < 4.78 is 0. The van der Waals surface area contributed by atoms with E-state index >= 15 is 0 Å². The van der Waals surface area contributed by atoms with Gasteiger partial charge in [-0.1, -0.05) is 32.8 Å². The smallest absolute Gasteiger partial charge is 0.136 e. The molecular formula is C18H30O. The van der Waals surface area contributed by atoms with Crippen LogP contribution in [0.1, 0.15) is 66.2 Å². The summed E-state index contributed by atoms with van der Waals surface area (Å²) in [5.41, 5.74) is 1.69. The van der Waals surface area contributed by atoms with Gasteiger partial charge in [0, 0.05) is 12.3 Å². The highest BCUT2D eigenvalue weighted by Crippen LogP contribution is 2.57. The van der Waals surface area contributed by atoms with Crippen LogP contribution in [0.2, 0.25) is 0 Å². The first-order valence-corrected chi connectivity index (χ1v) is 8.01. The molecule has 1 nitrogen and oxygen atoms in total. The Bertz CT molecular complexity index is 370. The van der Waals surface area contributed by atoms with Crippen molar-refractivity contribution in [1.29, 1.82) is 0 Å². The van der Waals surface area contributed by atoms with E-state index in [0.717, 1.165) is 31.1 Å². The van der Waals surface area contributed by atoms with Crippen LogP contribution in [0.4, 0.5) is 0 Å². The molecule has 0 spiro atoms. The highest BCUT2D eigenvalue weighted by atomic mass is 16.1. The topological polar surface area (TPSA) is 17.1 Å². The molecule has 0 aromatic heterocycles. The first kappa shape index (κ1) is 14.8. The van der Waals surface area contributed by atoms with Crippen molar-refractivity contribution in [2.45, 2.75) is 66.2 Å². The second-order valence-electron chi connectivity index (χ2n) is 7.64. The van der Waals surface area contributed by atoms with E-state index in [1.807, 2.05) is 0 Å². The molecule has 2 fully saturated rings. The van der Waals surface area contributed by atoms with Crippen LogP contribution >= 0.6 is 0 Å². The fourth-order valence-corrected chi connectivity index (χ4v) is 4.83. The molecule has 0 bridgehead atoms. The maximum absolute atomic E-state index is 12.0. The molecule has 2 rings (SSSR count). The van der Waals surface area contributed by atoms with Crippen molar-refractivity contribution in [3.8, 4) is 0 Å². The highest BCUT2D eigenvalue weighted by Gasteiger charge is 2.50. The maximum atomic E-state index is 12.0. The summed E-state index contributed by atoms with van der Waals surface area (Å²) in [5, 5.41) is 0. The second kappa shape index (κ2) is 5.42. The number of carbonyl (C=O) groups is 1. The first-order valence-electron chi connectivity index (χ1n) is 8.01. The van der Waals surface area contributed by atoms with E-state index in [4.69, 9.17) is 0 Å². The van der Waals surface area contributed by atoms with Crippen molar-refractivity contribution in [2.75, 3.05) is 0 Å². The summed E-state index contributed by atoms with van der Waals surface area (Å²) >= 11 is 0. The Kier molecular flexibility index (Phi) is 4.23. The summed E-state index contributed by atoms with van der Waals surface area (Å²) in [6.07, 6.45) is 6.95. The first-order chi connectivity index (χ1) is 8.84. The number of fused-ring (bicyclic) bond motifs is 1. The molecule has 2 aliphatic rings. The lowest BCUT2D eigenvalue weighted by molar-refractivity contribution is -0.136. The maximum Gasteiger partial charge on any atom is 0.136 e. The standard InChI is InChI=1S/C18H30O/c1-12(2)6-9-16-13(3)7-8-15-10-17(19)14(4)11-18(15,16)5/h13-16H,1,6-11H2,2-5H3/t13-,14+,15+,16+,18+/m0/s1. The third-order valence-electron chi connectivity index (χ3n) is 6.06. The number of ketones is 1. The Morgan fingerprint density at radius 1 is 1.37 bits per heavy atom. The fraction of sp³-hybridized carbons (Fsp3) is 0.833. The summed E-state index contributed by atoms with van der Waals surface area (Å²) in [4.78, 5) is 12.0. The van der Waals surface area contributed by atoms with Gasteiger partial charge in [-0.2, -0.15) is 0 Å². The fourth-order valence-electron chi connectivity index (χ4n) is 4.83. The normalized spacial score (nSPS) is 42.8. The predicted molar refractivity (Wildman–Crippen MR) is 80.9 cm³/mol. The van der Waals surface area contributed by atoms with Gasteiger partial charge < -0.3 is 0 Å². The predicted octanol–water partition coefficient (Wildman–Crippen LogP) is 5.01. The molecule has 0 radical (unpaired) electrons. The van der Waals surface area contributed by atoms with E-state index < -0.39 is 0 Å². The van der Waals surface area contributed by atoms with E-state index in [9.17, 15) is 4.79 Å². The van der Waals surface area contributed by atoms with Crippen LogP contribution in [-0.4, -0.2) is 5.78 Å². The Morgan fingerprint density at radius 3 is 2.68 bits per heavy atom. The minimum atomic E-state index is 0.277. The monoisotopic (exact) mass is 262 g/mol. The molecule has 108 valence electrons. The van der Waals surface area contributed by atoms with Crippen LogP contribution in [0.3, 0.4) is 0 Å². The minimum Gasteiger partial charge on any atom is -0.299 e. The highest BCUT2D eigenvalue weighted by molar-refractivity contribution is 5.82. The van der Waals surface area contributed by atoms with Crippen LogP contribution < -0.4 is 0 Å². The molecule has 2 saturated carbocycles. The number of Topliss-reactive ketones (excluding diaryl/α,β-unsaturated/α-hetero) is 1. The van der Waals surface area contributed by atoms with Gasteiger partial charge in [-0.05, 0) is 55.8 Å². The Balaban J connectivity index is 2.18. The second-order valence-corrected chi connectivity index (χ2v) is 7.64. The van der Waals surface area contributed by atoms with Gasteiger partial charge in [0.05, 0.1) is 0 Å². The molecule has 0 aromatic rings. The molecule has 2 aliphatic carbocycles. The van der Waals surface area contributed by atoms with E-state index in [0.29, 0.717) is 17.1 Å². The van der Waals surface area contributed by atoms with Crippen molar-refractivity contribution in [2.24, 2.45) is 29.1 Å². The van der Waals surface area contributed by atoms with E-state index in [1.165, 1.54) is 24.8 Å². The average molecular weight is 262 g/mol. The quantitative estimate of drug-likeness (QED) is 0.653. The number of carbonyl (C=O) groups excluding carboxylic acids is 1. The lowest BCUT2D eigenvalue weighted by atomic mass is 9.50. The zero-order valence-electron chi connectivity index (χ0n) is 13.2. The molecule has 0 amide bonds. The number of rotatable bonds is 3. The van der Waals surface area contributed by atoms with Crippen molar-refractivity contribution < 1.29 is 4.79 Å². The lowest BCUT2D eigenvalue weighted by Gasteiger charge is -2.54. The van der Waals surface area contributed by atoms with Gasteiger partial charge in [0.25, 0.3) is 0 Å². The van der Waals surface area contributed by atoms with E-state index in [1.54, 1.807) is 0 Å². The molecular weight excluding hydrogens is 232 g/mol. The Hall–Kier alpha value is -0.590. The molecule has 0 unspecified atom stereocenters. The lowest BCUT2D eigenvalue weighted by Crippen LogP contribution is -2.48. The van der Waals surface area contributed by atoms with Crippen molar-refractivity contribution >= 4 is 5.78 Å². The zero-order chi connectivity index (χ0) is 14.2. The SMILES string of the molecule is C=C(C)CC[C@@H]1[C@@H](C)CC[C@@H]2CC(=O)[C@H](C)C[C@]21C. The molecule has 19 heavy (non-hydrogen) atoms. The Labute approximate surface area is 118 Å². The molecule has 5 atom stereocenters. The zero-order valence-corrected chi connectivity index (χ0v) is 13.2. The van der Waals surface area contributed by atoms with E-state index in [-0.39, 0.29) is 5.92 Å². The summed E-state index contributed by atoms with van der Waals surface area (Å²) in [7, 11) is 0. The summed E-state index contributed by atoms with van der Waals surface area (Å²) in [6.45, 7) is 13.2. The number of hydrogen-bond acceptors (Lipinski definition) is 1. The molecule has 0 heterocycles. The van der Waals surface area contributed by atoms with Gasteiger partial charge in [-0.15, -0.1) is 6.58 Å². The molecule has 0 aliphatic heterocycles. The average Bonchev–Trinajstić information content (AvgIpc) is 2.30. The van der Waals surface area contributed by atoms with Crippen LogP contribution in [0.15, 0.2) is 12.2 Å². The number of allylic oxidation sites excluding steroid dienone is 1.